The number of hydrogen-bond acceptors (Lipinski definition) is 1. The van der Waals surface area contributed by atoms with Crippen molar-refractivity contribution in [1.29, 1.82) is 0 Å². The van der Waals surface area contributed by atoms with Crippen LogP contribution in [0.4, 0.5) is 0 Å². The minimum atomic E-state index is 0. The van der Waals surface area contributed by atoms with Crippen molar-refractivity contribution < 1.29 is 6.22 Å². The first kappa shape index (κ1) is 11.7. The van der Waals surface area contributed by atoms with Crippen LogP contribution in [0.3, 0.4) is 0 Å². The first-order valence-corrected chi connectivity index (χ1v) is 5.50. The molecule has 0 saturated carbocycles. The van der Waals surface area contributed by atoms with Crippen molar-refractivity contribution in [2.45, 2.75) is 33.1 Å². The molecule has 0 radical (unpaired) electrons. The van der Waals surface area contributed by atoms with E-state index in [9.17, 15) is 4.79 Å². The van der Waals surface area contributed by atoms with Crippen LogP contribution in [-0.4, -0.2) is 6.29 Å². The Kier molecular flexibility index (Phi) is 4.82. The zero-order valence-corrected chi connectivity index (χ0v) is 9.49. The summed E-state index contributed by atoms with van der Waals surface area (Å²) in [5, 5.41) is 0. The van der Waals surface area contributed by atoms with E-state index in [1.165, 1.54) is 11.1 Å². The summed E-state index contributed by atoms with van der Waals surface area (Å²) in [5.41, 5.74) is 3.22. The van der Waals surface area contributed by atoms with Crippen LogP contribution in [0.5, 0.6) is 0 Å². The Morgan fingerprint density at radius 2 is 2.00 bits per heavy atom. The fourth-order valence-electron chi connectivity index (χ4n) is 1.63. The van der Waals surface area contributed by atoms with Crippen LogP contribution in [0, 0.1) is 0 Å². The first-order valence-electron chi connectivity index (χ1n) is 5.50. The SMILES string of the molecule is CCCCC(=C(C)C=O)c1ccccc1.[H+]. The summed E-state index contributed by atoms with van der Waals surface area (Å²) in [6.45, 7) is 4.06. The normalized spacial score (nSPS) is 12.1. The lowest BCUT2D eigenvalue weighted by atomic mass is 9.96. The molecule has 1 aromatic carbocycles. The van der Waals surface area contributed by atoms with Crippen molar-refractivity contribution in [3.8, 4) is 0 Å². The van der Waals surface area contributed by atoms with Gasteiger partial charge >= 0.3 is 1.43 Å². The molecule has 15 heavy (non-hydrogen) atoms. The van der Waals surface area contributed by atoms with Gasteiger partial charge < -0.3 is 0 Å². The van der Waals surface area contributed by atoms with Crippen LogP contribution in [0.1, 0.15) is 40.1 Å². The lowest BCUT2D eigenvalue weighted by Crippen LogP contribution is -1.91. The maximum absolute atomic E-state index is 10.8. The largest absolute Gasteiger partial charge is 1.00 e. The average Bonchev–Trinajstić information content (AvgIpc) is 2.30. The van der Waals surface area contributed by atoms with E-state index < -0.39 is 0 Å². The van der Waals surface area contributed by atoms with E-state index in [1.54, 1.807) is 0 Å². The van der Waals surface area contributed by atoms with Gasteiger partial charge in [-0.15, -0.1) is 0 Å². The molecule has 0 N–H and O–H groups in total. The predicted molar refractivity (Wildman–Crippen MR) is 65.7 cm³/mol. The van der Waals surface area contributed by atoms with Gasteiger partial charge in [-0.05, 0) is 36.5 Å². The maximum Gasteiger partial charge on any atom is 1.00 e. The third-order valence-corrected chi connectivity index (χ3v) is 2.56. The van der Waals surface area contributed by atoms with Gasteiger partial charge in [0.2, 0.25) is 0 Å². The van der Waals surface area contributed by atoms with Crippen LogP contribution >= 0.6 is 0 Å². The van der Waals surface area contributed by atoms with Gasteiger partial charge in [-0.25, -0.2) is 0 Å². The zero-order chi connectivity index (χ0) is 11.1. The second kappa shape index (κ2) is 6.18. The molecule has 0 atom stereocenters. The Morgan fingerprint density at radius 1 is 1.33 bits per heavy atom. The fraction of sp³-hybridized carbons (Fsp3) is 0.357. The highest BCUT2D eigenvalue weighted by Gasteiger charge is 2.04. The first-order chi connectivity index (χ1) is 7.29. The van der Waals surface area contributed by atoms with E-state index in [-0.39, 0.29) is 1.43 Å². The van der Waals surface area contributed by atoms with E-state index in [0.29, 0.717) is 0 Å². The van der Waals surface area contributed by atoms with Gasteiger partial charge in [-0.2, -0.15) is 0 Å². The second-order valence-electron chi connectivity index (χ2n) is 3.75. The number of rotatable bonds is 5. The minimum Gasteiger partial charge on any atom is -0.298 e. The molecular formula is C14H19O+. The van der Waals surface area contributed by atoms with E-state index in [2.05, 4.69) is 19.1 Å². The zero-order valence-electron chi connectivity index (χ0n) is 10.5. The summed E-state index contributed by atoms with van der Waals surface area (Å²) in [6, 6.07) is 10.2. The van der Waals surface area contributed by atoms with Gasteiger partial charge in [0, 0.05) is 0 Å². The number of aldehydes is 1. The van der Waals surface area contributed by atoms with Gasteiger partial charge in [0.15, 0.2) is 0 Å². The number of carbonyl (C=O) groups excluding carboxylic acids is 1. The van der Waals surface area contributed by atoms with Gasteiger partial charge in [0.25, 0.3) is 0 Å². The summed E-state index contributed by atoms with van der Waals surface area (Å²) in [6.07, 6.45) is 4.24. The highest BCUT2D eigenvalue weighted by atomic mass is 16.1. The molecule has 0 spiro atoms. The van der Waals surface area contributed by atoms with Crippen LogP contribution < -0.4 is 0 Å². The Morgan fingerprint density at radius 3 is 2.53 bits per heavy atom. The molecule has 1 aromatic rings. The number of benzene rings is 1. The van der Waals surface area contributed by atoms with Crippen LogP contribution in [0.25, 0.3) is 5.57 Å². The standard InChI is InChI=1S/C14H18O/c1-3-4-10-14(12(2)11-15)13-8-6-5-7-9-13/h5-9,11H,3-4,10H2,1-2H3/p+1. The molecule has 0 aromatic heterocycles. The molecular weight excluding hydrogens is 184 g/mol. The van der Waals surface area contributed by atoms with Crippen molar-refractivity contribution >= 4 is 11.9 Å². The third kappa shape index (κ3) is 3.35. The van der Waals surface area contributed by atoms with Gasteiger partial charge in [0.1, 0.15) is 6.29 Å². The van der Waals surface area contributed by atoms with E-state index in [0.717, 1.165) is 31.1 Å². The fourth-order valence-corrected chi connectivity index (χ4v) is 1.63. The maximum atomic E-state index is 10.8. The Bertz CT molecular complexity index is 341. The van der Waals surface area contributed by atoms with Crippen LogP contribution in [-0.2, 0) is 4.79 Å². The quantitative estimate of drug-likeness (QED) is 0.523. The Balaban J connectivity index is 0.00000225. The van der Waals surface area contributed by atoms with Gasteiger partial charge in [-0.1, -0.05) is 43.7 Å². The molecule has 0 aliphatic carbocycles. The molecule has 0 unspecified atom stereocenters. The molecule has 1 rings (SSSR count). The lowest BCUT2D eigenvalue weighted by molar-refractivity contribution is -0.104. The Labute approximate surface area is 93.3 Å². The van der Waals surface area contributed by atoms with Crippen molar-refractivity contribution in [3.63, 3.8) is 0 Å². The highest BCUT2D eigenvalue weighted by molar-refractivity contribution is 5.87. The topological polar surface area (TPSA) is 17.1 Å². The van der Waals surface area contributed by atoms with Crippen molar-refractivity contribution in [2.24, 2.45) is 0 Å². The van der Waals surface area contributed by atoms with E-state index >= 15 is 0 Å². The van der Waals surface area contributed by atoms with Crippen molar-refractivity contribution in [3.05, 3.63) is 41.5 Å². The van der Waals surface area contributed by atoms with Gasteiger partial charge in [-0.3, -0.25) is 4.79 Å². The molecule has 1 nitrogen and oxygen atoms in total. The van der Waals surface area contributed by atoms with Crippen LogP contribution in [0.2, 0.25) is 0 Å². The lowest BCUT2D eigenvalue weighted by Gasteiger charge is -2.08. The number of unbranched alkanes of at least 4 members (excludes halogenated alkanes) is 1. The summed E-state index contributed by atoms with van der Waals surface area (Å²) in [7, 11) is 0. The van der Waals surface area contributed by atoms with E-state index in [1.807, 2.05) is 25.1 Å². The summed E-state index contributed by atoms with van der Waals surface area (Å²) >= 11 is 0. The molecule has 0 heterocycles. The summed E-state index contributed by atoms with van der Waals surface area (Å²) < 4.78 is 0. The monoisotopic (exact) mass is 203 g/mol. The number of hydrogen-bond donors (Lipinski definition) is 0. The molecule has 0 fully saturated rings. The third-order valence-electron chi connectivity index (χ3n) is 2.56. The summed E-state index contributed by atoms with van der Waals surface area (Å²) in [4.78, 5) is 10.8. The highest BCUT2D eigenvalue weighted by Crippen LogP contribution is 2.23. The number of allylic oxidation sites excluding steroid dienone is 2. The summed E-state index contributed by atoms with van der Waals surface area (Å²) in [5.74, 6) is 0. The second-order valence-corrected chi connectivity index (χ2v) is 3.75. The molecule has 0 bridgehead atoms. The van der Waals surface area contributed by atoms with E-state index in [4.69, 9.17) is 0 Å². The average molecular weight is 203 g/mol. The van der Waals surface area contributed by atoms with Crippen molar-refractivity contribution in [1.82, 2.24) is 0 Å². The van der Waals surface area contributed by atoms with Crippen molar-refractivity contribution in [2.75, 3.05) is 0 Å². The van der Waals surface area contributed by atoms with Crippen LogP contribution in [0.15, 0.2) is 35.9 Å². The molecule has 1 heteroatoms. The molecule has 0 aliphatic heterocycles. The molecule has 0 amide bonds. The number of carbonyl (C=O) groups is 1. The molecule has 0 saturated heterocycles. The smallest absolute Gasteiger partial charge is 0.298 e. The molecule has 80 valence electrons. The Hall–Kier alpha value is -1.37. The minimum absolute atomic E-state index is 0. The molecule has 0 aliphatic rings. The predicted octanol–water partition coefficient (Wildman–Crippen LogP) is 3.96. The van der Waals surface area contributed by atoms with Gasteiger partial charge in [0.05, 0.1) is 0 Å².